The van der Waals surface area contributed by atoms with Crippen molar-refractivity contribution in [2.24, 2.45) is 0 Å². The average Bonchev–Trinajstić information content (AvgIpc) is 2.44. The Morgan fingerprint density at radius 2 is 1.89 bits per heavy atom. The molecule has 1 unspecified atom stereocenters. The number of hydrogen-bond donors (Lipinski definition) is 1. The standard InChI is InChI=1S/C15H19N3O/c1-4-19-13-7-5-12(6-8-13)15(16-3)14-10-17-11(2)9-18-14/h5-10,15-16H,4H2,1-3H3. The maximum absolute atomic E-state index is 5.45. The molecule has 0 aliphatic rings. The van der Waals surface area contributed by atoms with Gasteiger partial charge in [-0.2, -0.15) is 0 Å². The number of nitrogens with zero attached hydrogens (tertiary/aromatic N) is 2. The van der Waals surface area contributed by atoms with E-state index in [-0.39, 0.29) is 6.04 Å². The van der Waals surface area contributed by atoms with Crippen molar-refractivity contribution < 1.29 is 4.74 Å². The van der Waals surface area contributed by atoms with E-state index in [1.54, 1.807) is 6.20 Å². The third-order valence-corrected chi connectivity index (χ3v) is 2.91. The highest BCUT2D eigenvalue weighted by Crippen LogP contribution is 2.22. The first-order valence-corrected chi connectivity index (χ1v) is 6.43. The Bertz CT molecular complexity index is 508. The van der Waals surface area contributed by atoms with Crippen LogP contribution in [0.4, 0.5) is 0 Å². The van der Waals surface area contributed by atoms with E-state index in [1.165, 1.54) is 0 Å². The molecule has 0 saturated carbocycles. The van der Waals surface area contributed by atoms with E-state index in [9.17, 15) is 0 Å². The van der Waals surface area contributed by atoms with E-state index in [4.69, 9.17) is 4.74 Å². The smallest absolute Gasteiger partial charge is 0.119 e. The van der Waals surface area contributed by atoms with Crippen molar-refractivity contribution in [2.75, 3.05) is 13.7 Å². The zero-order valence-electron chi connectivity index (χ0n) is 11.6. The van der Waals surface area contributed by atoms with Gasteiger partial charge in [0.2, 0.25) is 0 Å². The highest BCUT2D eigenvalue weighted by Gasteiger charge is 2.13. The van der Waals surface area contributed by atoms with Crippen LogP contribution in [0.25, 0.3) is 0 Å². The van der Waals surface area contributed by atoms with Crippen LogP contribution in [-0.4, -0.2) is 23.6 Å². The van der Waals surface area contributed by atoms with Gasteiger partial charge in [0.25, 0.3) is 0 Å². The minimum absolute atomic E-state index is 0.0452. The zero-order chi connectivity index (χ0) is 13.7. The summed E-state index contributed by atoms with van der Waals surface area (Å²) < 4.78 is 5.45. The minimum Gasteiger partial charge on any atom is -0.494 e. The molecule has 1 atom stereocenters. The van der Waals surface area contributed by atoms with Gasteiger partial charge < -0.3 is 10.1 Å². The Morgan fingerprint density at radius 1 is 1.16 bits per heavy atom. The third kappa shape index (κ3) is 3.29. The average molecular weight is 257 g/mol. The van der Waals surface area contributed by atoms with Crippen LogP contribution in [0.1, 0.15) is 29.9 Å². The number of benzene rings is 1. The van der Waals surface area contributed by atoms with Crippen molar-refractivity contribution in [3.05, 3.63) is 53.6 Å². The van der Waals surface area contributed by atoms with Crippen molar-refractivity contribution in [1.29, 1.82) is 0 Å². The summed E-state index contributed by atoms with van der Waals surface area (Å²) in [5.41, 5.74) is 2.98. The summed E-state index contributed by atoms with van der Waals surface area (Å²) in [6.07, 6.45) is 3.60. The number of aryl methyl sites for hydroxylation is 1. The second-order valence-electron chi connectivity index (χ2n) is 4.31. The molecule has 100 valence electrons. The van der Waals surface area contributed by atoms with Gasteiger partial charge in [0, 0.05) is 6.20 Å². The molecule has 0 saturated heterocycles. The summed E-state index contributed by atoms with van der Waals surface area (Å²) in [7, 11) is 1.92. The molecule has 1 aromatic heterocycles. The van der Waals surface area contributed by atoms with Gasteiger partial charge in [-0.05, 0) is 38.6 Å². The first-order valence-electron chi connectivity index (χ1n) is 6.43. The van der Waals surface area contributed by atoms with E-state index in [2.05, 4.69) is 15.3 Å². The first kappa shape index (κ1) is 13.5. The predicted octanol–water partition coefficient (Wildman–Crippen LogP) is 2.49. The van der Waals surface area contributed by atoms with Crippen LogP contribution in [0.3, 0.4) is 0 Å². The summed E-state index contributed by atoms with van der Waals surface area (Å²) in [4.78, 5) is 8.72. The van der Waals surface area contributed by atoms with Crippen molar-refractivity contribution in [3.63, 3.8) is 0 Å². The molecule has 2 aromatic rings. The molecule has 0 fully saturated rings. The monoisotopic (exact) mass is 257 g/mol. The SMILES string of the molecule is CCOc1ccc(C(NC)c2cnc(C)cn2)cc1. The highest BCUT2D eigenvalue weighted by atomic mass is 16.5. The number of rotatable bonds is 5. The fraction of sp³-hybridized carbons (Fsp3) is 0.333. The van der Waals surface area contributed by atoms with Crippen LogP contribution in [0, 0.1) is 6.92 Å². The number of aromatic nitrogens is 2. The van der Waals surface area contributed by atoms with Crippen molar-refractivity contribution in [1.82, 2.24) is 15.3 Å². The maximum atomic E-state index is 5.45. The Morgan fingerprint density at radius 3 is 2.42 bits per heavy atom. The molecule has 1 heterocycles. The van der Waals surface area contributed by atoms with Gasteiger partial charge in [-0.1, -0.05) is 12.1 Å². The van der Waals surface area contributed by atoms with Crippen LogP contribution in [0.5, 0.6) is 5.75 Å². The summed E-state index contributed by atoms with van der Waals surface area (Å²) in [6.45, 7) is 4.59. The molecule has 2 rings (SSSR count). The van der Waals surface area contributed by atoms with E-state index >= 15 is 0 Å². The largest absolute Gasteiger partial charge is 0.494 e. The van der Waals surface area contributed by atoms with E-state index < -0.39 is 0 Å². The second-order valence-corrected chi connectivity index (χ2v) is 4.31. The summed E-state index contributed by atoms with van der Waals surface area (Å²) in [6, 6.07) is 8.10. The molecule has 0 aliphatic carbocycles. The molecule has 4 nitrogen and oxygen atoms in total. The number of nitrogens with one attached hydrogen (secondary N) is 1. The van der Waals surface area contributed by atoms with Crippen molar-refractivity contribution in [3.8, 4) is 5.75 Å². The Hall–Kier alpha value is -1.94. The summed E-state index contributed by atoms with van der Waals surface area (Å²) >= 11 is 0. The Labute approximate surface area is 113 Å². The lowest BCUT2D eigenvalue weighted by atomic mass is 10.0. The summed E-state index contributed by atoms with van der Waals surface area (Å²) in [5.74, 6) is 0.885. The van der Waals surface area contributed by atoms with Gasteiger partial charge in [-0.3, -0.25) is 9.97 Å². The van der Waals surface area contributed by atoms with Gasteiger partial charge >= 0.3 is 0 Å². The maximum Gasteiger partial charge on any atom is 0.119 e. The van der Waals surface area contributed by atoms with Gasteiger partial charge in [-0.15, -0.1) is 0 Å². The van der Waals surface area contributed by atoms with Crippen LogP contribution in [0.15, 0.2) is 36.7 Å². The van der Waals surface area contributed by atoms with Crippen LogP contribution in [0.2, 0.25) is 0 Å². The quantitative estimate of drug-likeness (QED) is 0.894. The number of ether oxygens (including phenoxy) is 1. The molecule has 0 aliphatic heterocycles. The molecule has 1 aromatic carbocycles. The molecule has 0 spiro atoms. The van der Waals surface area contributed by atoms with E-state index in [0.29, 0.717) is 6.61 Å². The summed E-state index contributed by atoms with van der Waals surface area (Å²) in [5, 5.41) is 3.26. The molecule has 1 N–H and O–H groups in total. The van der Waals surface area contributed by atoms with Crippen LogP contribution < -0.4 is 10.1 Å². The Kier molecular flexibility index (Phi) is 4.47. The molecule has 0 bridgehead atoms. The molecular formula is C15H19N3O. The molecule has 0 radical (unpaired) electrons. The zero-order valence-corrected chi connectivity index (χ0v) is 11.6. The fourth-order valence-electron chi connectivity index (χ4n) is 1.96. The lowest BCUT2D eigenvalue weighted by Crippen LogP contribution is -2.19. The molecule has 4 heteroatoms. The minimum atomic E-state index is 0.0452. The van der Waals surface area contributed by atoms with Crippen LogP contribution >= 0.6 is 0 Å². The number of hydrogen-bond acceptors (Lipinski definition) is 4. The molecule has 19 heavy (non-hydrogen) atoms. The van der Waals surface area contributed by atoms with Crippen molar-refractivity contribution in [2.45, 2.75) is 19.9 Å². The topological polar surface area (TPSA) is 47.0 Å². The van der Waals surface area contributed by atoms with Gasteiger partial charge in [0.05, 0.1) is 30.2 Å². The Balaban J connectivity index is 2.23. The predicted molar refractivity (Wildman–Crippen MR) is 75.3 cm³/mol. The third-order valence-electron chi connectivity index (χ3n) is 2.91. The van der Waals surface area contributed by atoms with Gasteiger partial charge in [0.1, 0.15) is 5.75 Å². The normalized spacial score (nSPS) is 12.2. The van der Waals surface area contributed by atoms with Crippen LogP contribution in [-0.2, 0) is 0 Å². The molecule has 0 amide bonds. The lowest BCUT2D eigenvalue weighted by molar-refractivity contribution is 0.340. The second kappa shape index (κ2) is 6.29. The van der Waals surface area contributed by atoms with Crippen molar-refractivity contribution >= 4 is 0 Å². The van der Waals surface area contributed by atoms with Gasteiger partial charge in [0.15, 0.2) is 0 Å². The van der Waals surface area contributed by atoms with Gasteiger partial charge in [-0.25, -0.2) is 0 Å². The fourth-order valence-corrected chi connectivity index (χ4v) is 1.96. The highest BCUT2D eigenvalue weighted by molar-refractivity contribution is 5.32. The van der Waals surface area contributed by atoms with E-state index in [1.807, 2.05) is 51.4 Å². The molecular weight excluding hydrogens is 238 g/mol. The lowest BCUT2D eigenvalue weighted by Gasteiger charge is -2.16. The van der Waals surface area contributed by atoms with E-state index in [0.717, 1.165) is 22.7 Å². The first-order chi connectivity index (χ1) is 9.24.